The van der Waals surface area contributed by atoms with E-state index in [0.29, 0.717) is 0 Å². The van der Waals surface area contributed by atoms with Gasteiger partial charge in [-0.15, -0.1) is 0 Å². The summed E-state index contributed by atoms with van der Waals surface area (Å²) in [5, 5.41) is 0. The van der Waals surface area contributed by atoms with Crippen molar-refractivity contribution in [2.45, 2.75) is 51.7 Å². The fourth-order valence-electron chi connectivity index (χ4n) is 1.92. The third kappa shape index (κ3) is 5.69. The van der Waals surface area contributed by atoms with Gasteiger partial charge in [-0.1, -0.05) is 6.08 Å². The van der Waals surface area contributed by atoms with E-state index >= 15 is 0 Å². The zero-order valence-corrected chi connectivity index (χ0v) is 12.7. The van der Waals surface area contributed by atoms with Crippen LogP contribution in [0.15, 0.2) is 12.2 Å². The van der Waals surface area contributed by atoms with Crippen molar-refractivity contribution in [3.63, 3.8) is 0 Å². The molecule has 0 bridgehead atoms. The summed E-state index contributed by atoms with van der Waals surface area (Å²) in [7, 11) is 0. The van der Waals surface area contributed by atoms with E-state index < -0.39 is 42.6 Å². The Hall–Kier alpha value is -1.66. The largest absolute Gasteiger partial charge is 0.463 e. The number of amides is 1. The Labute approximate surface area is 122 Å². The number of hydrogen-bond donors (Lipinski definition) is 0. The van der Waals surface area contributed by atoms with E-state index in [1.165, 1.54) is 6.08 Å². The number of halogens is 2. The molecule has 1 rings (SSSR count). The highest BCUT2D eigenvalue weighted by atomic mass is 19.3. The molecule has 1 heterocycles. The number of hydrogen-bond acceptors (Lipinski definition) is 4. The Morgan fingerprint density at radius 2 is 2.00 bits per heavy atom. The molecule has 0 aromatic rings. The molecule has 1 fully saturated rings. The molecule has 7 heteroatoms. The Morgan fingerprint density at radius 3 is 2.52 bits per heavy atom. The van der Waals surface area contributed by atoms with Crippen molar-refractivity contribution in [3.8, 4) is 0 Å². The second-order valence-electron chi connectivity index (χ2n) is 5.85. The van der Waals surface area contributed by atoms with Crippen LogP contribution >= 0.6 is 0 Å². The average Bonchev–Trinajstić information content (AvgIpc) is 2.60. The third-order valence-electron chi connectivity index (χ3n) is 2.68. The van der Waals surface area contributed by atoms with Gasteiger partial charge in [-0.25, -0.2) is 18.4 Å². The molecule has 0 unspecified atom stereocenters. The van der Waals surface area contributed by atoms with E-state index in [9.17, 15) is 18.4 Å². The predicted molar refractivity (Wildman–Crippen MR) is 72.1 cm³/mol. The van der Waals surface area contributed by atoms with E-state index in [2.05, 4.69) is 4.74 Å². The van der Waals surface area contributed by atoms with E-state index in [1.54, 1.807) is 27.7 Å². The molecular weight excluding hydrogens is 284 g/mol. The summed E-state index contributed by atoms with van der Waals surface area (Å²) < 4.78 is 36.8. The lowest BCUT2D eigenvalue weighted by Crippen LogP contribution is -2.40. The summed E-state index contributed by atoms with van der Waals surface area (Å²) >= 11 is 0. The van der Waals surface area contributed by atoms with Crippen molar-refractivity contribution in [1.82, 2.24) is 4.90 Å². The van der Waals surface area contributed by atoms with Crippen molar-refractivity contribution >= 4 is 12.1 Å². The van der Waals surface area contributed by atoms with Crippen LogP contribution in [-0.4, -0.2) is 47.7 Å². The molecule has 1 aliphatic heterocycles. The number of rotatable bonds is 3. The SMILES string of the molecule is CCOC(=O)C=C[C@H]1CC(F)(F)CN1C(=O)OC(C)(C)C. The summed E-state index contributed by atoms with van der Waals surface area (Å²) in [6, 6.07) is -0.890. The van der Waals surface area contributed by atoms with E-state index in [-0.39, 0.29) is 6.61 Å². The first kappa shape index (κ1) is 17.4. The standard InChI is InChI=1S/C14H21F2NO4/c1-5-20-11(18)7-6-10-8-14(15,16)9-17(10)12(19)21-13(2,3)4/h6-7,10H,5,8-9H2,1-4H3/t10-/m0/s1. The molecule has 120 valence electrons. The smallest absolute Gasteiger partial charge is 0.410 e. The van der Waals surface area contributed by atoms with Gasteiger partial charge < -0.3 is 9.47 Å². The quantitative estimate of drug-likeness (QED) is 0.594. The van der Waals surface area contributed by atoms with Gasteiger partial charge in [-0.2, -0.15) is 0 Å². The Morgan fingerprint density at radius 1 is 1.38 bits per heavy atom. The van der Waals surface area contributed by atoms with Crippen LogP contribution in [-0.2, 0) is 14.3 Å². The first-order chi connectivity index (χ1) is 9.54. The van der Waals surface area contributed by atoms with E-state index in [4.69, 9.17) is 4.74 Å². The number of ether oxygens (including phenoxy) is 2. The second-order valence-corrected chi connectivity index (χ2v) is 5.85. The van der Waals surface area contributed by atoms with Gasteiger partial charge in [0.15, 0.2) is 0 Å². The van der Waals surface area contributed by atoms with Gasteiger partial charge >= 0.3 is 12.1 Å². The summed E-state index contributed by atoms with van der Waals surface area (Å²) in [4.78, 5) is 24.1. The zero-order valence-electron chi connectivity index (χ0n) is 12.7. The van der Waals surface area contributed by atoms with Crippen LogP contribution in [0.25, 0.3) is 0 Å². The minimum atomic E-state index is -3.00. The lowest BCUT2D eigenvalue weighted by Gasteiger charge is -2.26. The molecule has 1 atom stereocenters. The zero-order chi connectivity index (χ0) is 16.3. The Kier molecular flexibility index (Phi) is 5.31. The topological polar surface area (TPSA) is 55.8 Å². The predicted octanol–water partition coefficient (Wildman–Crippen LogP) is 2.75. The normalized spacial score (nSPS) is 21.6. The van der Waals surface area contributed by atoms with Gasteiger partial charge in [0.05, 0.1) is 19.2 Å². The fourth-order valence-corrected chi connectivity index (χ4v) is 1.92. The molecule has 0 spiro atoms. The molecule has 1 saturated heterocycles. The number of alkyl halides is 2. The molecule has 5 nitrogen and oxygen atoms in total. The van der Waals surface area contributed by atoms with Crippen molar-refractivity contribution in [1.29, 1.82) is 0 Å². The van der Waals surface area contributed by atoms with Crippen LogP contribution in [0, 0.1) is 0 Å². The first-order valence-corrected chi connectivity index (χ1v) is 6.76. The van der Waals surface area contributed by atoms with Crippen LogP contribution in [0.5, 0.6) is 0 Å². The lowest BCUT2D eigenvalue weighted by molar-refractivity contribution is -0.137. The van der Waals surface area contributed by atoms with Crippen LogP contribution in [0.1, 0.15) is 34.1 Å². The van der Waals surface area contributed by atoms with Gasteiger partial charge in [0.2, 0.25) is 0 Å². The van der Waals surface area contributed by atoms with E-state index in [0.717, 1.165) is 11.0 Å². The maximum absolute atomic E-state index is 13.5. The number of likely N-dealkylation sites (tertiary alicyclic amines) is 1. The lowest BCUT2D eigenvalue weighted by atomic mass is 10.2. The third-order valence-corrected chi connectivity index (χ3v) is 2.68. The molecule has 1 aliphatic rings. The summed E-state index contributed by atoms with van der Waals surface area (Å²) in [5.74, 6) is -3.63. The average molecular weight is 305 g/mol. The van der Waals surface area contributed by atoms with Crippen LogP contribution < -0.4 is 0 Å². The second kappa shape index (κ2) is 6.41. The van der Waals surface area contributed by atoms with Crippen molar-refractivity contribution in [2.24, 2.45) is 0 Å². The van der Waals surface area contributed by atoms with Crippen LogP contribution in [0.4, 0.5) is 13.6 Å². The number of nitrogens with zero attached hydrogens (tertiary/aromatic N) is 1. The highest BCUT2D eigenvalue weighted by molar-refractivity contribution is 5.82. The molecule has 0 saturated carbocycles. The monoisotopic (exact) mass is 305 g/mol. The highest BCUT2D eigenvalue weighted by Gasteiger charge is 2.47. The van der Waals surface area contributed by atoms with Crippen LogP contribution in [0.3, 0.4) is 0 Å². The molecule has 21 heavy (non-hydrogen) atoms. The van der Waals surface area contributed by atoms with E-state index in [1.807, 2.05) is 0 Å². The maximum Gasteiger partial charge on any atom is 0.410 e. The highest BCUT2D eigenvalue weighted by Crippen LogP contribution is 2.33. The van der Waals surface area contributed by atoms with Gasteiger partial charge in [0.1, 0.15) is 5.60 Å². The molecule has 0 aromatic carbocycles. The number of esters is 1. The van der Waals surface area contributed by atoms with Crippen molar-refractivity contribution < 1.29 is 27.8 Å². The minimum absolute atomic E-state index is 0.194. The summed E-state index contributed by atoms with van der Waals surface area (Å²) in [6.07, 6.45) is 0.955. The van der Waals surface area contributed by atoms with Gasteiger partial charge in [0, 0.05) is 12.5 Å². The molecule has 0 N–H and O–H groups in total. The first-order valence-electron chi connectivity index (χ1n) is 6.76. The molecule has 0 aromatic heterocycles. The molecule has 0 aliphatic carbocycles. The Bertz CT molecular complexity index is 429. The van der Waals surface area contributed by atoms with Gasteiger partial charge in [-0.3, -0.25) is 4.90 Å². The van der Waals surface area contributed by atoms with Crippen LogP contribution in [0.2, 0.25) is 0 Å². The number of carbonyl (C=O) groups excluding carboxylic acids is 2. The van der Waals surface area contributed by atoms with Gasteiger partial charge in [0.25, 0.3) is 5.92 Å². The van der Waals surface area contributed by atoms with Crippen molar-refractivity contribution in [3.05, 3.63) is 12.2 Å². The number of carbonyl (C=O) groups is 2. The summed E-state index contributed by atoms with van der Waals surface area (Å²) in [5.41, 5.74) is -0.773. The molecule has 0 radical (unpaired) electrons. The van der Waals surface area contributed by atoms with Crippen molar-refractivity contribution in [2.75, 3.05) is 13.2 Å². The fraction of sp³-hybridized carbons (Fsp3) is 0.714. The Balaban J connectivity index is 2.79. The minimum Gasteiger partial charge on any atom is -0.463 e. The maximum atomic E-state index is 13.5. The molecular formula is C14H21F2NO4. The summed E-state index contributed by atoms with van der Waals surface area (Å²) in [6.45, 7) is 6.08. The molecule has 1 amide bonds. The van der Waals surface area contributed by atoms with Gasteiger partial charge in [-0.05, 0) is 27.7 Å².